The number of hydrogen-bond acceptors (Lipinski definition) is 7. The molecule has 3 aromatic rings. The third-order valence-corrected chi connectivity index (χ3v) is 7.54. The van der Waals surface area contributed by atoms with Crippen molar-refractivity contribution in [3.8, 4) is 5.75 Å². The molecule has 196 valence electrons. The molecule has 38 heavy (non-hydrogen) atoms. The van der Waals surface area contributed by atoms with Gasteiger partial charge in [0.1, 0.15) is 17.1 Å². The number of carbonyl (C=O) groups is 4. The third-order valence-electron chi connectivity index (χ3n) is 7.54. The Morgan fingerprint density at radius 3 is 2.55 bits per heavy atom. The second kappa shape index (κ2) is 8.88. The van der Waals surface area contributed by atoms with Gasteiger partial charge < -0.3 is 29.2 Å². The number of hydrogen-bond donors (Lipinski definition) is 2. The molecule has 0 radical (unpaired) electrons. The van der Waals surface area contributed by atoms with Crippen molar-refractivity contribution < 1.29 is 28.3 Å². The summed E-state index contributed by atoms with van der Waals surface area (Å²) >= 11 is 0. The monoisotopic (exact) mass is 517 g/mol. The van der Waals surface area contributed by atoms with E-state index in [2.05, 4.69) is 15.5 Å². The molecule has 11 heteroatoms. The summed E-state index contributed by atoms with van der Waals surface area (Å²) in [6, 6.07) is 11.3. The van der Waals surface area contributed by atoms with Gasteiger partial charge in [-0.25, -0.2) is 4.79 Å². The number of benzene rings is 2. The summed E-state index contributed by atoms with van der Waals surface area (Å²) in [6.07, 6.45) is 0. The van der Waals surface area contributed by atoms with Gasteiger partial charge in [-0.05, 0) is 49.0 Å². The molecule has 3 aliphatic rings. The van der Waals surface area contributed by atoms with E-state index >= 15 is 0 Å². The number of nitrogens with one attached hydrogen (secondary N) is 2. The van der Waals surface area contributed by atoms with Gasteiger partial charge in [-0.1, -0.05) is 6.07 Å². The Kier molecular flexibility index (Phi) is 5.60. The van der Waals surface area contributed by atoms with E-state index in [9.17, 15) is 19.2 Å². The van der Waals surface area contributed by atoms with Crippen molar-refractivity contribution in [3.05, 3.63) is 64.9 Å². The quantitative estimate of drug-likeness (QED) is 0.492. The fourth-order valence-electron chi connectivity index (χ4n) is 5.31. The number of ether oxygens (including phenoxy) is 1. The van der Waals surface area contributed by atoms with Gasteiger partial charge in [0.25, 0.3) is 17.7 Å². The molecule has 2 N–H and O–H groups in total. The predicted molar refractivity (Wildman–Crippen MR) is 136 cm³/mol. The Balaban J connectivity index is 1.32. The first-order chi connectivity index (χ1) is 18.3. The van der Waals surface area contributed by atoms with Crippen LogP contribution < -0.4 is 15.4 Å². The van der Waals surface area contributed by atoms with Crippen LogP contribution in [0, 0.1) is 0 Å². The molecular weight excluding hydrogens is 490 g/mol. The van der Waals surface area contributed by atoms with E-state index in [1.54, 1.807) is 36.4 Å². The van der Waals surface area contributed by atoms with Crippen molar-refractivity contribution >= 4 is 34.7 Å². The highest BCUT2D eigenvalue weighted by Gasteiger charge is 2.53. The number of fused-ring (bicyclic) bond motifs is 2. The number of methoxy groups -OCH3 is 1. The first-order valence-electron chi connectivity index (χ1n) is 12.4. The number of imide groups is 1. The van der Waals surface area contributed by atoms with Crippen LogP contribution in [0.25, 0.3) is 11.0 Å². The summed E-state index contributed by atoms with van der Waals surface area (Å²) in [5, 5.41) is 5.60. The molecule has 2 aromatic carbocycles. The van der Waals surface area contributed by atoms with Crippen molar-refractivity contribution in [1.29, 1.82) is 0 Å². The molecule has 2 fully saturated rings. The standard InChI is InChI=1S/C27H27N5O6/c1-30-7-9-31(10-8-30)23(33)16-4-6-21-18(11-16)12-22(38-21)27(25(35)28-26(36)29-27)15-32-14-17-3-5-19(37-2)13-20(17)24(32)34/h3-6,11-13H,7-10,14-15H2,1-2H3,(H2,28,29,35,36). The van der Waals surface area contributed by atoms with Gasteiger partial charge >= 0.3 is 6.03 Å². The average Bonchev–Trinajstić information content (AvgIpc) is 3.57. The molecule has 5 amide bonds. The van der Waals surface area contributed by atoms with E-state index < -0.39 is 17.5 Å². The molecule has 1 atom stereocenters. The first-order valence-corrected chi connectivity index (χ1v) is 12.4. The summed E-state index contributed by atoms with van der Waals surface area (Å²) in [5.74, 6) is -0.221. The third kappa shape index (κ3) is 3.86. The van der Waals surface area contributed by atoms with Crippen LogP contribution in [0.1, 0.15) is 32.0 Å². The van der Waals surface area contributed by atoms with Gasteiger partial charge in [0.05, 0.1) is 13.7 Å². The second-order valence-electron chi connectivity index (χ2n) is 9.96. The number of nitrogens with zero attached hydrogens (tertiary/aromatic N) is 3. The maximum atomic E-state index is 13.2. The van der Waals surface area contributed by atoms with Crippen LogP contribution in [0.5, 0.6) is 5.75 Å². The Morgan fingerprint density at radius 1 is 1.05 bits per heavy atom. The van der Waals surface area contributed by atoms with Crippen LogP contribution in [-0.4, -0.2) is 85.3 Å². The number of likely N-dealkylation sites (N-methyl/N-ethyl adjacent to an activating group) is 1. The van der Waals surface area contributed by atoms with Gasteiger partial charge in [0.2, 0.25) is 0 Å². The molecule has 4 heterocycles. The lowest BCUT2D eigenvalue weighted by Gasteiger charge is -2.32. The van der Waals surface area contributed by atoms with Crippen molar-refractivity contribution in [1.82, 2.24) is 25.3 Å². The zero-order chi connectivity index (χ0) is 26.6. The maximum absolute atomic E-state index is 13.2. The lowest BCUT2D eigenvalue weighted by atomic mass is 9.95. The highest BCUT2D eigenvalue weighted by molar-refractivity contribution is 6.08. The van der Waals surface area contributed by atoms with Gasteiger partial charge in [-0.3, -0.25) is 19.7 Å². The summed E-state index contributed by atoms with van der Waals surface area (Å²) in [7, 11) is 3.55. The zero-order valence-corrected chi connectivity index (χ0v) is 21.1. The molecule has 3 aliphatic heterocycles. The lowest BCUT2D eigenvalue weighted by Crippen LogP contribution is -2.52. The topological polar surface area (TPSA) is 124 Å². The van der Waals surface area contributed by atoms with Gasteiger partial charge in [0, 0.05) is 49.2 Å². The summed E-state index contributed by atoms with van der Waals surface area (Å²) in [4.78, 5) is 57.3. The molecule has 1 aromatic heterocycles. The van der Waals surface area contributed by atoms with Crippen molar-refractivity contribution in [3.63, 3.8) is 0 Å². The van der Waals surface area contributed by atoms with Crippen LogP contribution in [0.15, 0.2) is 46.9 Å². The highest BCUT2D eigenvalue weighted by atomic mass is 16.5. The fraction of sp³-hybridized carbons (Fsp3) is 0.333. The Hall–Kier alpha value is -4.38. The molecule has 1 unspecified atom stereocenters. The number of rotatable bonds is 5. The minimum absolute atomic E-state index is 0.0692. The van der Waals surface area contributed by atoms with Crippen molar-refractivity contribution in [2.75, 3.05) is 46.9 Å². The van der Waals surface area contributed by atoms with Crippen molar-refractivity contribution in [2.45, 2.75) is 12.1 Å². The Morgan fingerprint density at radius 2 is 1.84 bits per heavy atom. The van der Waals surface area contributed by atoms with Crippen LogP contribution >= 0.6 is 0 Å². The summed E-state index contributed by atoms with van der Waals surface area (Å²) in [6.45, 7) is 3.06. The molecule has 0 aliphatic carbocycles. The van der Waals surface area contributed by atoms with Crippen LogP contribution in [-0.2, 0) is 16.9 Å². The van der Waals surface area contributed by atoms with E-state index in [0.717, 1.165) is 18.7 Å². The SMILES string of the molecule is COc1ccc2c(c1)C(=O)N(CC1(c3cc4cc(C(=O)N5CCN(C)CC5)ccc4o3)NC(=O)NC1=O)C2. The molecule has 0 bridgehead atoms. The molecule has 11 nitrogen and oxygen atoms in total. The molecule has 6 rings (SSSR count). The number of furan rings is 1. The summed E-state index contributed by atoms with van der Waals surface area (Å²) < 4.78 is 11.3. The Bertz CT molecular complexity index is 1490. The number of carbonyl (C=O) groups excluding carboxylic acids is 4. The van der Waals surface area contributed by atoms with Crippen LogP contribution in [0.3, 0.4) is 0 Å². The molecule has 0 spiro atoms. The Labute approximate surface area is 218 Å². The first kappa shape index (κ1) is 24.0. The van der Waals surface area contributed by atoms with Crippen LogP contribution in [0.4, 0.5) is 4.79 Å². The highest BCUT2D eigenvalue weighted by Crippen LogP contribution is 2.35. The van der Waals surface area contributed by atoms with E-state index in [0.29, 0.717) is 40.9 Å². The normalized spacial score (nSPS) is 21.6. The molecule has 2 saturated heterocycles. The van der Waals surface area contributed by atoms with E-state index in [4.69, 9.17) is 9.15 Å². The van der Waals surface area contributed by atoms with Crippen LogP contribution in [0.2, 0.25) is 0 Å². The smallest absolute Gasteiger partial charge is 0.322 e. The zero-order valence-electron chi connectivity index (χ0n) is 21.1. The second-order valence-corrected chi connectivity index (χ2v) is 9.96. The van der Waals surface area contributed by atoms with Gasteiger partial charge in [-0.2, -0.15) is 0 Å². The molecular formula is C27H27N5O6. The van der Waals surface area contributed by atoms with Gasteiger partial charge in [-0.15, -0.1) is 0 Å². The number of piperazine rings is 1. The van der Waals surface area contributed by atoms with E-state index in [1.165, 1.54) is 12.0 Å². The van der Waals surface area contributed by atoms with Gasteiger partial charge in [0.15, 0.2) is 5.54 Å². The van der Waals surface area contributed by atoms with E-state index in [1.807, 2.05) is 18.0 Å². The summed E-state index contributed by atoms with van der Waals surface area (Å²) in [5.41, 5.74) is 0.638. The average molecular weight is 518 g/mol. The predicted octanol–water partition coefficient (Wildman–Crippen LogP) is 1.52. The van der Waals surface area contributed by atoms with Crippen molar-refractivity contribution in [2.24, 2.45) is 0 Å². The minimum Gasteiger partial charge on any atom is -0.497 e. The lowest BCUT2D eigenvalue weighted by molar-refractivity contribution is -0.125. The van der Waals surface area contributed by atoms with E-state index in [-0.39, 0.29) is 30.7 Å². The molecule has 0 saturated carbocycles. The largest absolute Gasteiger partial charge is 0.497 e. The number of urea groups is 1. The number of amides is 5. The maximum Gasteiger partial charge on any atom is 0.322 e. The minimum atomic E-state index is -1.63. The fourth-order valence-corrected chi connectivity index (χ4v) is 5.31.